The molecule has 110 valence electrons. The molecule has 2 aromatic rings. The fraction of sp³-hybridized carbons (Fsp3) is 0.412. The van der Waals surface area contributed by atoms with E-state index in [-0.39, 0.29) is 18.2 Å². The minimum Gasteiger partial charge on any atom is -0.453 e. The van der Waals surface area contributed by atoms with E-state index in [0.717, 1.165) is 18.2 Å². The van der Waals surface area contributed by atoms with Crippen LogP contribution in [0.4, 0.5) is 0 Å². The first-order valence-electron chi connectivity index (χ1n) is 7.43. The van der Waals surface area contributed by atoms with Crippen LogP contribution in [0.25, 0.3) is 11.0 Å². The average molecular weight is 285 g/mol. The van der Waals surface area contributed by atoms with Gasteiger partial charge >= 0.3 is 0 Å². The molecule has 21 heavy (non-hydrogen) atoms. The molecule has 3 rings (SSSR count). The van der Waals surface area contributed by atoms with Crippen LogP contribution in [0.5, 0.6) is 0 Å². The molecule has 1 saturated heterocycles. The smallest absolute Gasteiger partial charge is 0.222 e. The van der Waals surface area contributed by atoms with Crippen molar-refractivity contribution in [1.29, 1.82) is 0 Å². The first-order chi connectivity index (χ1) is 10.1. The van der Waals surface area contributed by atoms with Gasteiger partial charge in [-0.1, -0.05) is 25.1 Å². The molecule has 1 atom stereocenters. The summed E-state index contributed by atoms with van der Waals surface area (Å²) in [6, 6.07) is 9.29. The van der Waals surface area contributed by atoms with Gasteiger partial charge < -0.3 is 9.32 Å². The molecular weight excluding hydrogens is 266 g/mol. The molecule has 1 aliphatic rings. The predicted molar refractivity (Wildman–Crippen MR) is 80.1 cm³/mol. The van der Waals surface area contributed by atoms with Crippen LogP contribution in [0.3, 0.4) is 0 Å². The Labute approximate surface area is 123 Å². The summed E-state index contributed by atoms with van der Waals surface area (Å²) in [6.07, 6.45) is 2.40. The molecule has 1 aromatic carbocycles. The Hall–Kier alpha value is -2.10. The summed E-state index contributed by atoms with van der Waals surface area (Å²) in [5.41, 5.74) is 0.705. The highest BCUT2D eigenvalue weighted by Gasteiger charge is 2.23. The maximum absolute atomic E-state index is 12.3. The lowest BCUT2D eigenvalue weighted by Gasteiger charge is -2.19. The van der Waals surface area contributed by atoms with Gasteiger partial charge in [-0.3, -0.25) is 9.59 Å². The van der Waals surface area contributed by atoms with Crippen LogP contribution >= 0.6 is 0 Å². The summed E-state index contributed by atoms with van der Waals surface area (Å²) in [6.45, 7) is 2.93. The first-order valence-corrected chi connectivity index (χ1v) is 7.43. The number of carbonyl (C=O) groups is 2. The molecule has 1 fully saturated rings. The van der Waals surface area contributed by atoms with Gasteiger partial charge in [-0.2, -0.15) is 0 Å². The van der Waals surface area contributed by atoms with Gasteiger partial charge in [0.15, 0.2) is 5.76 Å². The second-order valence-corrected chi connectivity index (χ2v) is 5.82. The van der Waals surface area contributed by atoms with Gasteiger partial charge in [0.25, 0.3) is 0 Å². The minimum atomic E-state index is -0.130. The number of Topliss-reactive ketones (excluding diaryl/α,β-unsaturated/α-hetero) is 1. The Bertz CT molecular complexity index is 640. The highest BCUT2D eigenvalue weighted by molar-refractivity contribution is 6.00. The van der Waals surface area contributed by atoms with Crippen molar-refractivity contribution in [3.05, 3.63) is 36.1 Å². The van der Waals surface area contributed by atoms with E-state index in [0.29, 0.717) is 30.2 Å². The summed E-state index contributed by atoms with van der Waals surface area (Å²) in [7, 11) is 0. The first kappa shape index (κ1) is 13.9. The van der Waals surface area contributed by atoms with E-state index in [1.165, 1.54) is 0 Å². The molecule has 0 radical (unpaired) electrons. The average Bonchev–Trinajstić information content (AvgIpc) is 2.86. The molecular formula is C17H19NO3. The lowest BCUT2D eigenvalue weighted by Crippen LogP contribution is -2.35. The quantitative estimate of drug-likeness (QED) is 0.813. The molecule has 0 aliphatic carbocycles. The van der Waals surface area contributed by atoms with Gasteiger partial charge in [0.05, 0.1) is 6.54 Å². The van der Waals surface area contributed by atoms with Crippen LogP contribution in [0.2, 0.25) is 0 Å². The van der Waals surface area contributed by atoms with E-state index in [9.17, 15) is 9.59 Å². The maximum Gasteiger partial charge on any atom is 0.222 e. The molecule has 1 aromatic heterocycles. The number of nitrogens with zero attached hydrogens (tertiary/aromatic N) is 1. The number of rotatable bonds is 3. The van der Waals surface area contributed by atoms with Gasteiger partial charge in [0.2, 0.25) is 11.7 Å². The van der Waals surface area contributed by atoms with Crippen molar-refractivity contribution in [2.45, 2.75) is 26.2 Å². The van der Waals surface area contributed by atoms with Crippen LogP contribution in [0, 0.1) is 5.92 Å². The topological polar surface area (TPSA) is 50.5 Å². The van der Waals surface area contributed by atoms with Gasteiger partial charge in [0.1, 0.15) is 5.58 Å². The third kappa shape index (κ3) is 2.99. The molecule has 0 bridgehead atoms. The van der Waals surface area contributed by atoms with Crippen molar-refractivity contribution in [3.8, 4) is 0 Å². The number of hydrogen-bond acceptors (Lipinski definition) is 3. The zero-order chi connectivity index (χ0) is 14.8. The number of amides is 1. The number of hydrogen-bond donors (Lipinski definition) is 0. The largest absolute Gasteiger partial charge is 0.453 e. The monoisotopic (exact) mass is 285 g/mol. The van der Waals surface area contributed by atoms with E-state index in [2.05, 4.69) is 6.92 Å². The Balaban J connectivity index is 1.74. The third-order valence-corrected chi connectivity index (χ3v) is 4.13. The lowest BCUT2D eigenvalue weighted by atomic mass is 10.0. The van der Waals surface area contributed by atoms with Gasteiger partial charge in [-0.25, -0.2) is 0 Å². The predicted octanol–water partition coefficient (Wildman–Crippen LogP) is 3.26. The zero-order valence-corrected chi connectivity index (χ0v) is 12.2. The Morgan fingerprint density at radius 3 is 2.95 bits per heavy atom. The van der Waals surface area contributed by atoms with Crippen LogP contribution in [-0.2, 0) is 4.79 Å². The Kier molecular flexibility index (Phi) is 3.78. The van der Waals surface area contributed by atoms with Crippen LogP contribution in [-0.4, -0.2) is 29.7 Å². The van der Waals surface area contributed by atoms with E-state index < -0.39 is 0 Å². The molecule has 0 spiro atoms. The molecule has 1 unspecified atom stereocenters. The number of ketones is 1. The molecule has 0 saturated carbocycles. The molecule has 0 N–H and O–H groups in total. The van der Waals surface area contributed by atoms with Crippen LogP contribution in [0.15, 0.2) is 34.7 Å². The summed E-state index contributed by atoms with van der Waals surface area (Å²) < 4.78 is 5.57. The fourth-order valence-corrected chi connectivity index (χ4v) is 2.71. The fourth-order valence-electron chi connectivity index (χ4n) is 2.71. The number of furan rings is 1. The summed E-state index contributed by atoms with van der Waals surface area (Å²) in [4.78, 5) is 26.0. The van der Waals surface area contributed by atoms with Crippen molar-refractivity contribution < 1.29 is 14.0 Å². The van der Waals surface area contributed by atoms with E-state index in [1.54, 1.807) is 11.0 Å². The standard InChI is InChI=1S/C17H19NO3/c1-12-6-7-17(20)18(9-8-12)11-14(19)16-10-13-4-2-3-5-15(13)21-16/h2-5,10,12H,6-9,11H2,1H3. The summed E-state index contributed by atoms with van der Waals surface area (Å²) in [5, 5.41) is 0.914. The maximum atomic E-state index is 12.3. The Morgan fingerprint density at radius 1 is 1.33 bits per heavy atom. The molecule has 1 aliphatic heterocycles. The summed E-state index contributed by atoms with van der Waals surface area (Å²) in [5.74, 6) is 0.819. The van der Waals surface area contributed by atoms with Crippen molar-refractivity contribution in [3.63, 3.8) is 0 Å². The second-order valence-electron chi connectivity index (χ2n) is 5.82. The Morgan fingerprint density at radius 2 is 2.14 bits per heavy atom. The number of carbonyl (C=O) groups excluding carboxylic acids is 2. The molecule has 4 nitrogen and oxygen atoms in total. The van der Waals surface area contributed by atoms with Crippen molar-refractivity contribution in [2.75, 3.05) is 13.1 Å². The van der Waals surface area contributed by atoms with Crippen molar-refractivity contribution in [1.82, 2.24) is 4.90 Å². The van der Waals surface area contributed by atoms with Crippen LogP contribution < -0.4 is 0 Å². The van der Waals surface area contributed by atoms with Gasteiger partial charge in [-0.15, -0.1) is 0 Å². The van der Waals surface area contributed by atoms with E-state index in [1.807, 2.05) is 24.3 Å². The van der Waals surface area contributed by atoms with E-state index in [4.69, 9.17) is 4.42 Å². The van der Waals surface area contributed by atoms with Crippen molar-refractivity contribution in [2.24, 2.45) is 5.92 Å². The normalized spacial score (nSPS) is 19.8. The number of para-hydroxylation sites is 1. The summed E-state index contributed by atoms with van der Waals surface area (Å²) >= 11 is 0. The number of fused-ring (bicyclic) bond motifs is 1. The zero-order valence-electron chi connectivity index (χ0n) is 12.2. The number of benzene rings is 1. The van der Waals surface area contributed by atoms with E-state index >= 15 is 0 Å². The third-order valence-electron chi connectivity index (χ3n) is 4.13. The second kappa shape index (κ2) is 5.72. The van der Waals surface area contributed by atoms with Gasteiger partial charge in [-0.05, 0) is 30.9 Å². The molecule has 2 heterocycles. The van der Waals surface area contributed by atoms with Crippen molar-refractivity contribution >= 4 is 22.7 Å². The molecule has 1 amide bonds. The number of likely N-dealkylation sites (tertiary alicyclic amines) is 1. The molecule has 4 heteroatoms. The SMILES string of the molecule is CC1CCC(=O)N(CC(=O)c2cc3ccccc3o2)CC1. The van der Waals surface area contributed by atoms with Gasteiger partial charge in [0, 0.05) is 18.4 Å². The lowest BCUT2D eigenvalue weighted by molar-refractivity contribution is -0.130. The minimum absolute atomic E-state index is 0.0730. The van der Waals surface area contributed by atoms with Crippen LogP contribution in [0.1, 0.15) is 36.7 Å². The highest BCUT2D eigenvalue weighted by atomic mass is 16.3. The highest BCUT2D eigenvalue weighted by Crippen LogP contribution is 2.21.